The van der Waals surface area contributed by atoms with Gasteiger partial charge in [0.25, 0.3) is 0 Å². The Morgan fingerprint density at radius 2 is 1.75 bits per heavy atom. The number of nitrogens with one attached hydrogen (secondary N) is 1. The predicted octanol–water partition coefficient (Wildman–Crippen LogP) is 4.16. The van der Waals surface area contributed by atoms with Crippen LogP contribution in [0.2, 0.25) is 0 Å². The SMILES string of the molecule is CCCCN(CC)C(C)C(NCC)c1ccc(C)cc1. The van der Waals surface area contributed by atoms with Gasteiger partial charge in [-0.1, -0.05) is 57.0 Å². The van der Waals surface area contributed by atoms with E-state index >= 15 is 0 Å². The zero-order chi connectivity index (χ0) is 15.0. The Bertz CT molecular complexity index is 358. The quantitative estimate of drug-likeness (QED) is 0.728. The number of rotatable bonds is 9. The molecule has 2 unspecified atom stereocenters. The van der Waals surface area contributed by atoms with Gasteiger partial charge in [0.1, 0.15) is 0 Å². The van der Waals surface area contributed by atoms with Gasteiger partial charge in [-0.15, -0.1) is 0 Å². The third-order valence-corrected chi connectivity index (χ3v) is 4.12. The lowest BCUT2D eigenvalue weighted by Crippen LogP contribution is -2.43. The smallest absolute Gasteiger partial charge is 0.0475 e. The van der Waals surface area contributed by atoms with E-state index in [4.69, 9.17) is 0 Å². The second kappa shape index (κ2) is 9.15. The Kier molecular flexibility index (Phi) is 7.86. The lowest BCUT2D eigenvalue weighted by Gasteiger charge is -2.35. The number of likely N-dealkylation sites (N-methyl/N-ethyl adjacent to an activating group) is 2. The minimum Gasteiger partial charge on any atom is -0.309 e. The van der Waals surface area contributed by atoms with Crippen LogP contribution in [0, 0.1) is 6.92 Å². The summed E-state index contributed by atoms with van der Waals surface area (Å²) in [6.07, 6.45) is 2.55. The molecule has 0 fully saturated rings. The molecule has 0 aliphatic rings. The monoisotopic (exact) mass is 276 g/mol. The summed E-state index contributed by atoms with van der Waals surface area (Å²) in [6, 6.07) is 9.91. The summed E-state index contributed by atoms with van der Waals surface area (Å²) in [5, 5.41) is 3.67. The van der Waals surface area contributed by atoms with E-state index in [1.807, 2.05) is 0 Å². The van der Waals surface area contributed by atoms with Crippen molar-refractivity contribution in [1.29, 1.82) is 0 Å². The van der Waals surface area contributed by atoms with Crippen molar-refractivity contribution in [2.45, 2.75) is 59.5 Å². The predicted molar refractivity (Wildman–Crippen MR) is 89.2 cm³/mol. The maximum absolute atomic E-state index is 3.67. The van der Waals surface area contributed by atoms with Crippen LogP contribution in [0.15, 0.2) is 24.3 Å². The van der Waals surface area contributed by atoms with E-state index in [1.54, 1.807) is 0 Å². The highest BCUT2D eigenvalue weighted by atomic mass is 15.2. The van der Waals surface area contributed by atoms with Gasteiger partial charge < -0.3 is 5.32 Å². The van der Waals surface area contributed by atoms with Gasteiger partial charge in [-0.25, -0.2) is 0 Å². The number of aryl methyl sites for hydroxylation is 1. The third kappa shape index (κ3) is 4.92. The number of unbranched alkanes of at least 4 members (excludes halogenated alkanes) is 1. The van der Waals surface area contributed by atoms with Crippen LogP contribution in [0.25, 0.3) is 0 Å². The van der Waals surface area contributed by atoms with E-state index in [0.717, 1.165) is 13.1 Å². The molecule has 0 aromatic heterocycles. The van der Waals surface area contributed by atoms with Crippen LogP contribution < -0.4 is 5.32 Å². The number of nitrogens with zero attached hydrogens (tertiary/aromatic N) is 1. The second-order valence-electron chi connectivity index (χ2n) is 5.67. The molecule has 0 radical (unpaired) electrons. The Hall–Kier alpha value is -0.860. The lowest BCUT2D eigenvalue weighted by molar-refractivity contribution is 0.175. The molecular formula is C18H32N2. The number of benzene rings is 1. The molecule has 2 atom stereocenters. The fraction of sp³-hybridized carbons (Fsp3) is 0.667. The van der Waals surface area contributed by atoms with Gasteiger partial charge in [0.05, 0.1) is 0 Å². The van der Waals surface area contributed by atoms with Crippen LogP contribution in [0.5, 0.6) is 0 Å². The zero-order valence-corrected chi connectivity index (χ0v) is 13.9. The van der Waals surface area contributed by atoms with Gasteiger partial charge in [-0.3, -0.25) is 4.90 Å². The lowest BCUT2D eigenvalue weighted by atomic mass is 9.97. The minimum atomic E-state index is 0.414. The summed E-state index contributed by atoms with van der Waals surface area (Å²) in [6.45, 7) is 14.5. The first kappa shape index (κ1) is 17.2. The fourth-order valence-electron chi connectivity index (χ4n) is 2.78. The molecule has 0 bridgehead atoms. The van der Waals surface area contributed by atoms with Crippen LogP contribution in [0.4, 0.5) is 0 Å². The van der Waals surface area contributed by atoms with E-state index in [2.05, 4.69) is 69.1 Å². The van der Waals surface area contributed by atoms with Gasteiger partial charge in [0.2, 0.25) is 0 Å². The Morgan fingerprint density at radius 1 is 1.10 bits per heavy atom. The molecule has 0 aliphatic heterocycles. The first-order chi connectivity index (χ1) is 9.63. The van der Waals surface area contributed by atoms with Crippen LogP contribution in [-0.2, 0) is 0 Å². The van der Waals surface area contributed by atoms with Crippen LogP contribution >= 0.6 is 0 Å². The summed E-state index contributed by atoms with van der Waals surface area (Å²) in [7, 11) is 0. The highest BCUT2D eigenvalue weighted by Gasteiger charge is 2.22. The molecule has 0 saturated carbocycles. The highest BCUT2D eigenvalue weighted by molar-refractivity contribution is 5.25. The van der Waals surface area contributed by atoms with Crippen LogP contribution in [-0.4, -0.2) is 30.6 Å². The Labute approximate surface area is 125 Å². The molecule has 1 rings (SSSR count). The average Bonchev–Trinajstić information content (AvgIpc) is 2.46. The van der Waals surface area contributed by atoms with Crippen LogP contribution in [0.1, 0.15) is 57.7 Å². The standard InChI is InChI=1S/C18H32N2/c1-6-9-14-20(8-3)16(5)18(19-7-2)17-12-10-15(4)11-13-17/h10-13,16,18-19H,6-9,14H2,1-5H3. The fourth-order valence-corrected chi connectivity index (χ4v) is 2.78. The largest absolute Gasteiger partial charge is 0.309 e. The highest BCUT2D eigenvalue weighted by Crippen LogP contribution is 2.22. The van der Waals surface area contributed by atoms with E-state index in [1.165, 1.54) is 30.5 Å². The number of hydrogen-bond acceptors (Lipinski definition) is 2. The topological polar surface area (TPSA) is 15.3 Å². The van der Waals surface area contributed by atoms with Crippen molar-refractivity contribution < 1.29 is 0 Å². The maximum Gasteiger partial charge on any atom is 0.0475 e. The van der Waals surface area contributed by atoms with Crippen molar-refractivity contribution in [2.75, 3.05) is 19.6 Å². The molecule has 1 aromatic rings. The molecule has 0 aliphatic carbocycles. The normalized spacial score (nSPS) is 14.5. The van der Waals surface area contributed by atoms with Gasteiger partial charge in [0, 0.05) is 12.1 Å². The van der Waals surface area contributed by atoms with Gasteiger partial charge in [-0.05, 0) is 45.5 Å². The summed E-state index contributed by atoms with van der Waals surface area (Å²) < 4.78 is 0. The van der Waals surface area contributed by atoms with E-state index in [0.29, 0.717) is 12.1 Å². The van der Waals surface area contributed by atoms with E-state index in [-0.39, 0.29) is 0 Å². The average molecular weight is 276 g/mol. The number of hydrogen-bond donors (Lipinski definition) is 1. The first-order valence-corrected chi connectivity index (χ1v) is 8.17. The molecule has 1 aromatic carbocycles. The van der Waals surface area contributed by atoms with E-state index in [9.17, 15) is 0 Å². The molecule has 1 N–H and O–H groups in total. The second-order valence-corrected chi connectivity index (χ2v) is 5.67. The molecule has 0 amide bonds. The minimum absolute atomic E-state index is 0.414. The molecule has 20 heavy (non-hydrogen) atoms. The van der Waals surface area contributed by atoms with Crippen molar-refractivity contribution in [3.63, 3.8) is 0 Å². The van der Waals surface area contributed by atoms with Crippen molar-refractivity contribution in [3.8, 4) is 0 Å². The Balaban J connectivity index is 2.84. The summed E-state index contributed by atoms with van der Waals surface area (Å²) in [5.41, 5.74) is 2.73. The summed E-state index contributed by atoms with van der Waals surface area (Å²) in [4.78, 5) is 2.59. The van der Waals surface area contributed by atoms with Crippen molar-refractivity contribution in [2.24, 2.45) is 0 Å². The van der Waals surface area contributed by atoms with Gasteiger partial charge in [-0.2, -0.15) is 0 Å². The van der Waals surface area contributed by atoms with Gasteiger partial charge >= 0.3 is 0 Å². The molecule has 0 spiro atoms. The van der Waals surface area contributed by atoms with Crippen molar-refractivity contribution in [1.82, 2.24) is 10.2 Å². The maximum atomic E-state index is 3.67. The molecule has 114 valence electrons. The molecule has 0 saturated heterocycles. The third-order valence-electron chi connectivity index (χ3n) is 4.12. The van der Waals surface area contributed by atoms with Gasteiger partial charge in [0.15, 0.2) is 0 Å². The molecule has 0 heterocycles. The van der Waals surface area contributed by atoms with Crippen molar-refractivity contribution in [3.05, 3.63) is 35.4 Å². The van der Waals surface area contributed by atoms with Crippen molar-refractivity contribution >= 4 is 0 Å². The molecule has 2 nitrogen and oxygen atoms in total. The summed E-state index contributed by atoms with van der Waals surface area (Å²) >= 11 is 0. The molecule has 2 heteroatoms. The summed E-state index contributed by atoms with van der Waals surface area (Å²) in [5.74, 6) is 0. The first-order valence-electron chi connectivity index (χ1n) is 8.17. The zero-order valence-electron chi connectivity index (χ0n) is 13.9. The Morgan fingerprint density at radius 3 is 2.25 bits per heavy atom. The molecular weight excluding hydrogens is 244 g/mol. The van der Waals surface area contributed by atoms with Crippen LogP contribution in [0.3, 0.4) is 0 Å². The van der Waals surface area contributed by atoms with E-state index < -0.39 is 0 Å².